The highest BCUT2D eigenvalue weighted by molar-refractivity contribution is 7.89. The molecular weight excluding hydrogens is 338 g/mol. The summed E-state index contributed by atoms with van der Waals surface area (Å²) in [6.07, 6.45) is 1.97. The predicted molar refractivity (Wildman–Crippen MR) is 92.5 cm³/mol. The molecule has 6 nitrogen and oxygen atoms in total. The minimum absolute atomic E-state index is 0. The van der Waals surface area contributed by atoms with Crippen molar-refractivity contribution in [2.75, 3.05) is 20.1 Å². The minimum atomic E-state index is -3.84. The summed E-state index contributed by atoms with van der Waals surface area (Å²) in [4.78, 5) is 14.5. The third-order valence-corrected chi connectivity index (χ3v) is 5.33. The molecule has 3 N–H and O–H groups in total. The topological polar surface area (TPSA) is 92.5 Å². The lowest BCUT2D eigenvalue weighted by Gasteiger charge is -2.32. The SMILES string of the molecule is CNC1CCCN(C(=O)c2cc(C)c(C)c(S(N)(=O)=O)c2)C1.Cl. The van der Waals surface area contributed by atoms with Crippen LogP contribution < -0.4 is 10.5 Å². The smallest absolute Gasteiger partial charge is 0.253 e. The normalized spacial score (nSPS) is 18.4. The molecule has 8 heteroatoms. The number of nitrogens with one attached hydrogen (secondary N) is 1. The molecule has 1 fully saturated rings. The van der Waals surface area contributed by atoms with Crippen LogP contribution >= 0.6 is 12.4 Å². The van der Waals surface area contributed by atoms with E-state index < -0.39 is 10.0 Å². The van der Waals surface area contributed by atoms with Gasteiger partial charge >= 0.3 is 0 Å². The highest BCUT2D eigenvalue weighted by atomic mass is 35.5. The Balaban J connectivity index is 0.00000264. The van der Waals surface area contributed by atoms with Gasteiger partial charge in [0.1, 0.15) is 0 Å². The van der Waals surface area contributed by atoms with Gasteiger partial charge in [-0.3, -0.25) is 4.79 Å². The summed E-state index contributed by atoms with van der Waals surface area (Å²) in [5, 5.41) is 8.44. The monoisotopic (exact) mass is 361 g/mol. The lowest BCUT2D eigenvalue weighted by molar-refractivity contribution is 0.0698. The van der Waals surface area contributed by atoms with Gasteiger partial charge in [-0.25, -0.2) is 13.6 Å². The summed E-state index contributed by atoms with van der Waals surface area (Å²) in [5.41, 5.74) is 1.71. The number of carbonyl (C=O) groups is 1. The van der Waals surface area contributed by atoms with Gasteiger partial charge in [0.2, 0.25) is 10.0 Å². The Bertz CT molecular complexity index is 691. The van der Waals surface area contributed by atoms with Crippen molar-refractivity contribution in [2.24, 2.45) is 5.14 Å². The number of nitrogens with zero attached hydrogens (tertiary/aromatic N) is 1. The summed E-state index contributed by atoms with van der Waals surface area (Å²) in [7, 11) is -1.96. The zero-order chi connectivity index (χ0) is 16.5. The highest BCUT2D eigenvalue weighted by Crippen LogP contribution is 2.22. The maximum absolute atomic E-state index is 12.7. The van der Waals surface area contributed by atoms with Crippen LogP contribution in [0.3, 0.4) is 0 Å². The molecule has 1 aromatic carbocycles. The second kappa shape index (κ2) is 7.61. The molecule has 1 amide bonds. The second-order valence-corrected chi connectivity index (χ2v) is 7.37. The van der Waals surface area contributed by atoms with Crippen LogP contribution in [0.5, 0.6) is 0 Å². The van der Waals surface area contributed by atoms with E-state index >= 15 is 0 Å². The van der Waals surface area contributed by atoms with Crippen molar-refractivity contribution in [2.45, 2.75) is 37.6 Å². The van der Waals surface area contributed by atoms with E-state index in [1.807, 2.05) is 7.05 Å². The van der Waals surface area contributed by atoms with Crippen molar-refractivity contribution in [1.82, 2.24) is 10.2 Å². The van der Waals surface area contributed by atoms with Crippen molar-refractivity contribution in [3.8, 4) is 0 Å². The van der Waals surface area contributed by atoms with Crippen molar-refractivity contribution in [1.29, 1.82) is 0 Å². The van der Waals surface area contributed by atoms with Gasteiger partial charge in [-0.05, 0) is 57.0 Å². The van der Waals surface area contributed by atoms with Crippen molar-refractivity contribution < 1.29 is 13.2 Å². The molecule has 130 valence electrons. The van der Waals surface area contributed by atoms with E-state index in [1.54, 1.807) is 24.8 Å². The maximum Gasteiger partial charge on any atom is 0.253 e. The van der Waals surface area contributed by atoms with E-state index in [9.17, 15) is 13.2 Å². The Morgan fingerprint density at radius 3 is 2.57 bits per heavy atom. The number of sulfonamides is 1. The Morgan fingerprint density at radius 2 is 2.00 bits per heavy atom. The Labute approximate surface area is 143 Å². The number of rotatable bonds is 3. The van der Waals surface area contributed by atoms with Crippen LogP contribution in [0.1, 0.15) is 34.3 Å². The fourth-order valence-electron chi connectivity index (χ4n) is 2.83. The fourth-order valence-corrected chi connectivity index (χ4v) is 3.70. The van der Waals surface area contributed by atoms with Gasteiger partial charge in [-0.1, -0.05) is 0 Å². The third-order valence-electron chi connectivity index (χ3n) is 4.29. The van der Waals surface area contributed by atoms with Crippen LogP contribution in [0.25, 0.3) is 0 Å². The zero-order valence-electron chi connectivity index (χ0n) is 13.6. The largest absolute Gasteiger partial charge is 0.337 e. The van der Waals surface area contributed by atoms with E-state index in [2.05, 4.69) is 5.32 Å². The van der Waals surface area contributed by atoms with Crippen LogP contribution in [0.4, 0.5) is 0 Å². The number of benzene rings is 1. The first-order valence-corrected chi connectivity index (χ1v) is 8.89. The minimum Gasteiger partial charge on any atom is -0.337 e. The molecule has 1 aliphatic heterocycles. The molecule has 0 aromatic heterocycles. The zero-order valence-corrected chi connectivity index (χ0v) is 15.3. The predicted octanol–water partition coefficient (Wildman–Crippen LogP) is 1.20. The molecule has 1 aliphatic rings. The van der Waals surface area contributed by atoms with Gasteiger partial charge < -0.3 is 10.2 Å². The molecule has 0 aliphatic carbocycles. The van der Waals surface area contributed by atoms with Crippen LogP contribution in [0, 0.1) is 13.8 Å². The number of hydrogen-bond acceptors (Lipinski definition) is 4. The number of nitrogens with two attached hydrogens (primary N) is 1. The molecule has 1 unspecified atom stereocenters. The van der Waals surface area contributed by atoms with Gasteiger partial charge in [0.15, 0.2) is 0 Å². The first kappa shape index (κ1) is 19.9. The fraction of sp³-hybridized carbons (Fsp3) is 0.533. The average Bonchev–Trinajstić information content (AvgIpc) is 2.48. The Kier molecular flexibility index (Phi) is 6.59. The summed E-state index contributed by atoms with van der Waals surface area (Å²) in [5.74, 6) is -0.145. The molecule has 0 radical (unpaired) electrons. The van der Waals surface area contributed by atoms with E-state index in [-0.39, 0.29) is 29.3 Å². The van der Waals surface area contributed by atoms with Gasteiger partial charge in [0.25, 0.3) is 5.91 Å². The molecule has 1 heterocycles. The van der Waals surface area contributed by atoms with Crippen LogP contribution in [-0.4, -0.2) is 45.4 Å². The van der Waals surface area contributed by atoms with Gasteiger partial charge in [-0.15, -0.1) is 12.4 Å². The van der Waals surface area contributed by atoms with E-state index in [0.717, 1.165) is 18.4 Å². The number of likely N-dealkylation sites (tertiary alicyclic amines) is 1. The summed E-state index contributed by atoms with van der Waals surface area (Å²) in [6.45, 7) is 4.80. The Hall–Kier alpha value is -1.15. The lowest BCUT2D eigenvalue weighted by atomic mass is 10.0. The van der Waals surface area contributed by atoms with E-state index in [4.69, 9.17) is 5.14 Å². The third kappa shape index (κ3) is 4.44. The second-order valence-electron chi connectivity index (χ2n) is 5.84. The number of piperidine rings is 1. The van der Waals surface area contributed by atoms with Crippen molar-refractivity contribution in [3.05, 3.63) is 28.8 Å². The average molecular weight is 362 g/mol. The molecule has 0 bridgehead atoms. The number of carbonyl (C=O) groups excluding carboxylic acids is 1. The lowest BCUT2D eigenvalue weighted by Crippen LogP contribution is -2.47. The number of primary sulfonamides is 1. The van der Waals surface area contributed by atoms with Crippen molar-refractivity contribution in [3.63, 3.8) is 0 Å². The van der Waals surface area contributed by atoms with Crippen LogP contribution in [0.15, 0.2) is 17.0 Å². The Morgan fingerprint density at radius 1 is 1.35 bits per heavy atom. The molecule has 0 saturated carbocycles. The first-order valence-electron chi connectivity index (χ1n) is 7.34. The summed E-state index contributed by atoms with van der Waals surface area (Å²) < 4.78 is 23.4. The molecule has 23 heavy (non-hydrogen) atoms. The molecular formula is C15H24ClN3O3S. The van der Waals surface area contributed by atoms with Crippen LogP contribution in [-0.2, 0) is 10.0 Å². The van der Waals surface area contributed by atoms with E-state index in [1.165, 1.54) is 6.07 Å². The first-order chi connectivity index (χ1) is 10.2. The van der Waals surface area contributed by atoms with Gasteiger partial charge in [0, 0.05) is 24.7 Å². The van der Waals surface area contributed by atoms with Gasteiger partial charge in [0.05, 0.1) is 4.90 Å². The standard InChI is InChI=1S/C15H23N3O3S.ClH/c1-10-7-12(8-14(11(10)2)22(16,20)21)15(19)18-6-4-5-13(9-18)17-3;/h7-8,13,17H,4-6,9H2,1-3H3,(H2,16,20,21);1H. The quantitative estimate of drug-likeness (QED) is 0.846. The number of hydrogen-bond donors (Lipinski definition) is 2. The molecule has 1 saturated heterocycles. The van der Waals surface area contributed by atoms with E-state index in [0.29, 0.717) is 24.2 Å². The van der Waals surface area contributed by atoms with Gasteiger partial charge in [-0.2, -0.15) is 0 Å². The molecule has 1 aromatic rings. The number of likely N-dealkylation sites (N-methyl/N-ethyl adjacent to an activating group) is 1. The molecule has 1 atom stereocenters. The number of aryl methyl sites for hydroxylation is 1. The maximum atomic E-state index is 12.7. The van der Waals surface area contributed by atoms with Crippen molar-refractivity contribution >= 4 is 28.3 Å². The number of amides is 1. The molecule has 2 rings (SSSR count). The summed E-state index contributed by atoms with van der Waals surface area (Å²) >= 11 is 0. The molecule has 0 spiro atoms. The number of halogens is 1. The highest BCUT2D eigenvalue weighted by Gasteiger charge is 2.25. The van der Waals surface area contributed by atoms with Crippen LogP contribution in [0.2, 0.25) is 0 Å². The summed E-state index contributed by atoms with van der Waals surface area (Å²) in [6, 6.07) is 3.40.